The molecule has 1 heterocycles. The van der Waals surface area contributed by atoms with Crippen molar-refractivity contribution in [3.8, 4) is 0 Å². The van der Waals surface area contributed by atoms with E-state index in [1.54, 1.807) is 0 Å². The molecule has 0 aromatic heterocycles. The lowest BCUT2D eigenvalue weighted by Crippen LogP contribution is -2.34. The van der Waals surface area contributed by atoms with Crippen LogP contribution in [0.3, 0.4) is 0 Å². The van der Waals surface area contributed by atoms with E-state index in [0.29, 0.717) is 0 Å². The van der Waals surface area contributed by atoms with E-state index in [9.17, 15) is 0 Å². The van der Waals surface area contributed by atoms with Crippen molar-refractivity contribution in [3.63, 3.8) is 0 Å². The van der Waals surface area contributed by atoms with E-state index in [1.165, 1.54) is 49.2 Å². The van der Waals surface area contributed by atoms with Gasteiger partial charge in [-0.15, -0.1) is 0 Å². The molecule has 2 heteroatoms. The third-order valence-corrected chi connectivity index (χ3v) is 3.15. The van der Waals surface area contributed by atoms with Gasteiger partial charge in [-0.2, -0.15) is 0 Å². The summed E-state index contributed by atoms with van der Waals surface area (Å²) < 4.78 is 0. The second-order valence-electron chi connectivity index (χ2n) is 4.46. The van der Waals surface area contributed by atoms with Gasteiger partial charge < -0.3 is 5.43 Å². The normalized spacial score (nSPS) is 17.7. The summed E-state index contributed by atoms with van der Waals surface area (Å²) in [6.07, 6.45) is 4.01. The summed E-state index contributed by atoms with van der Waals surface area (Å²) in [4.78, 5) is 0. The van der Waals surface area contributed by atoms with Crippen molar-refractivity contribution in [1.82, 2.24) is 5.01 Å². The highest BCUT2D eigenvalue weighted by Gasteiger charge is 2.09. The Morgan fingerprint density at radius 3 is 2.40 bits per heavy atom. The fraction of sp³-hybridized carbons (Fsp3) is 0.538. The molecule has 1 fully saturated rings. The maximum Gasteiger partial charge on any atom is 0.0492 e. The second-order valence-corrected chi connectivity index (χ2v) is 4.46. The number of aryl methyl sites for hydroxylation is 2. The average Bonchev–Trinajstić information content (AvgIpc) is 2.25. The minimum atomic E-state index is 1.17. The SMILES string of the molecule is Cc1ccc(NN2CCCCC2)cc1C. The lowest BCUT2D eigenvalue weighted by molar-refractivity contribution is 0.273. The Balaban J connectivity index is 2.00. The highest BCUT2D eigenvalue weighted by molar-refractivity contribution is 5.47. The number of rotatable bonds is 2. The van der Waals surface area contributed by atoms with Crippen LogP contribution in [0, 0.1) is 13.8 Å². The van der Waals surface area contributed by atoms with Crippen LogP contribution in [0.5, 0.6) is 0 Å². The van der Waals surface area contributed by atoms with Gasteiger partial charge in [0.2, 0.25) is 0 Å². The van der Waals surface area contributed by atoms with Gasteiger partial charge in [0, 0.05) is 18.8 Å². The monoisotopic (exact) mass is 204 g/mol. The van der Waals surface area contributed by atoms with E-state index in [0.717, 1.165) is 0 Å². The number of benzene rings is 1. The van der Waals surface area contributed by atoms with Crippen molar-refractivity contribution in [1.29, 1.82) is 0 Å². The van der Waals surface area contributed by atoms with E-state index in [-0.39, 0.29) is 0 Å². The standard InChI is InChI=1S/C13H20N2/c1-11-6-7-13(10-12(11)2)14-15-8-4-3-5-9-15/h6-7,10,14H,3-5,8-9H2,1-2H3. The van der Waals surface area contributed by atoms with Crippen LogP contribution in [0.25, 0.3) is 0 Å². The van der Waals surface area contributed by atoms with Crippen molar-refractivity contribution >= 4 is 5.69 Å². The molecule has 1 aromatic carbocycles. The van der Waals surface area contributed by atoms with Crippen molar-refractivity contribution in [2.45, 2.75) is 33.1 Å². The van der Waals surface area contributed by atoms with Gasteiger partial charge in [-0.1, -0.05) is 12.5 Å². The Hall–Kier alpha value is -1.02. The van der Waals surface area contributed by atoms with Gasteiger partial charge in [-0.25, -0.2) is 5.01 Å². The molecule has 1 saturated heterocycles. The Morgan fingerprint density at radius 2 is 1.73 bits per heavy atom. The Bertz CT molecular complexity index is 327. The molecule has 1 N–H and O–H groups in total. The van der Waals surface area contributed by atoms with Crippen LogP contribution in [-0.2, 0) is 0 Å². The first-order chi connectivity index (χ1) is 7.25. The minimum absolute atomic E-state index is 1.17. The molecular weight excluding hydrogens is 184 g/mol. The molecule has 0 aliphatic carbocycles. The molecule has 0 unspecified atom stereocenters. The lowest BCUT2D eigenvalue weighted by Gasteiger charge is -2.28. The van der Waals surface area contributed by atoms with Crippen LogP contribution in [-0.4, -0.2) is 18.1 Å². The van der Waals surface area contributed by atoms with Gasteiger partial charge in [-0.3, -0.25) is 0 Å². The second kappa shape index (κ2) is 4.67. The summed E-state index contributed by atoms with van der Waals surface area (Å²) in [5, 5.41) is 2.33. The largest absolute Gasteiger partial charge is 0.319 e. The molecule has 0 amide bonds. The molecule has 15 heavy (non-hydrogen) atoms. The molecule has 2 nitrogen and oxygen atoms in total. The molecule has 0 spiro atoms. The summed E-state index contributed by atoms with van der Waals surface area (Å²) in [6, 6.07) is 6.57. The predicted octanol–water partition coefficient (Wildman–Crippen LogP) is 3.12. The third-order valence-electron chi connectivity index (χ3n) is 3.15. The molecule has 0 bridgehead atoms. The lowest BCUT2D eigenvalue weighted by atomic mass is 10.1. The number of nitrogens with one attached hydrogen (secondary N) is 1. The van der Waals surface area contributed by atoms with Gasteiger partial charge in [0.1, 0.15) is 0 Å². The Labute approximate surface area is 92.3 Å². The van der Waals surface area contributed by atoms with Crippen molar-refractivity contribution in [3.05, 3.63) is 29.3 Å². The van der Waals surface area contributed by atoms with Crippen LogP contribution < -0.4 is 5.43 Å². The maximum absolute atomic E-state index is 3.48. The van der Waals surface area contributed by atoms with Gasteiger partial charge in [-0.05, 0) is 49.9 Å². The summed E-state index contributed by atoms with van der Waals surface area (Å²) in [5.41, 5.74) is 7.42. The highest BCUT2D eigenvalue weighted by atomic mass is 15.5. The number of anilines is 1. The minimum Gasteiger partial charge on any atom is -0.319 e. The van der Waals surface area contributed by atoms with Crippen molar-refractivity contribution < 1.29 is 0 Å². The molecule has 0 radical (unpaired) electrons. The van der Waals surface area contributed by atoms with Crippen molar-refractivity contribution in [2.24, 2.45) is 0 Å². The quantitative estimate of drug-likeness (QED) is 0.796. The van der Waals surface area contributed by atoms with Gasteiger partial charge in [0.05, 0.1) is 0 Å². The molecular formula is C13H20N2. The highest BCUT2D eigenvalue weighted by Crippen LogP contribution is 2.16. The zero-order valence-corrected chi connectivity index (χ0v) is 9.71. The molecule has 1 aliphatic heterocycles. The van der Waals surface area contributed by atoms with E-state index in [2.05, 4.69) is 42.5 Å². The summed E-state index contributed by atoms with van der Waals surface area (Å²) >= 11 is 0. The first-order valence-electron chi connectivity index (χ1n) is 5.84. The number of hydrazine groups is 1. The Kier molecular flexibility index (Phi) is 3.27. The topological polar surface area (TPSA) is 15.3 Å². The molecule has 82 valence electrons. The smallest absolute Gasteiger partial charge is 0.0492 e. The fourth-order valence-corrected chi connectivity index (χ4v) is 2.00. The van der Waals surface area contributed by atoms with Crippen LogP contribution in [0.4, 0.5) is 5.69 Å². The average molecular weight is 204 g/mol. The molecule has 1 aromatic rings. The number of nitrogens with zero attached hydrogens (tertiary/aromatic N) is 1. The number of hydrogen-bond donors (Lipinski definition) is 1. The summed E-state index contributed by atoms with van der Waals surface area (Å²) in [6.45, 7) is 6.66. The van der Waals surface area contributed by atoms with Gasteiger partial charge >= 0.3 is 0 Å². The third kappa shape index (κ3) is 2.72. The van der Waals surface area contributed by atoms with Gasteiger partial charge in [0.15, 0.2) is 0 Å². The van der Waals surface area contributed by atoms with Gasteiger partial charge in [0.25, 0.3) is 0 Å². The predicted molar refractivity (Wildman–Crippen MR) is 65.0 cm³/mol. The first-order valence-corrected chi connectivity index (χ1v) is 5.84. The molecule has 0 saturated carbocycles. The van der Waals surface area contributed by atoms with E-state index < -0.39 is 0 Å². The number of hydrogen-bond acceptors (Lipinski definition) is 2. The van der Waals surface area contributed by atoms with E-state index in [4.69, 9.17) is 0 Å². The molecule has 0 atom stereocenters. The van der Waals surface area contributed by atoms with E-state index >= 15 is 0 Å². The summed E-state index contributed by atoms with van der Waals surface area (Å²) in [7, 11) is 0. The number of piperidine rings is 1. The zero-order chi connectivity index (χ0) is 10.7. The van der Waals surface area contributed by atoms with Crippen LogP contribution >= 0.6 is 0 Å². The van der Waals surface area contributed by atoms with Crippen molar-refractivity contribution in [2.75, 3.05) is 18.5 Å². The Morgan fingerprint density at radius 1 is 1.00 bits per heavy atom. The van der Waals surface area contributed by atoms with Crippen LogP contribution in [0.1, 0.15) is 30.4 Å². The first kappa shape index (κ1) is 10.5. The fourth-order valence-electron chi connectivity index (χ4n) is 2.00. The molecule has 2 rings (SSSR count). The summed E-state index contributed by atoms with van der Waals surface area (Å²) in [5.74, 6) is 0. The van der Waals surface area contributed by atoms with Crippen LogP contribution in [0.15, 0.2) is 18.2 Å². The molecule has 1 aliphatic rings. The van der Waals surface area contributed by atoms with Crippen LogP contribution in [0.2, 0.25) is 0 Å². The van der Waals surface area contributed by atoms with E-state index in [1.807, 2.05) is 0 Å². The maximum atomic E-state index is 3.48. The zero-order valence-electron chi connectivity index (χ0n) is 9.71.